The van der Waals surface area contributed by atoms with Gasteiger partial charge in [-0.05, 0) is 36.6 Å². The predicted octanol–water partition coefficient (Wildman–Crippen LogP) is 5.09. The monoisotopic (exact) mass is 306 g/mol. The summed E-state index contributed by atoms with van der Waals surface area (Å²) in [5.41, 5.74) is 2.70. The van der Waals surface area contributed by atoms with E-state index in [-0.39, 0.29) is 0 Å². The smallest absolute Gasteiger partial charge is 0.0215 e. The molecule has 0 heterocycles. The molecule has 0 radical (unpaired) electrons. The maximum Gasteiger partial charge on any atom is 0.0215 e. The van der Waals surface area contributed by atoms with E-state index in [1.165, 1.54) is 20.5 Å². The van der Waals surface area contributed by atoms with Crippen molar-refractivity contribution in [2.75, 3.05) is 5.75 Å². The van der Waals surface area contributed by atoms with Gasteiger partial charge in [0.1, 0.15) is 0 Å². The summed E-state index contributed by atoms with van der Waals surface area (Å²) in [5.74, 6) is 1.12. The van der Waals surface area contributed by atoms with Gasteiger partial charge in [0.15, 0.2) is 0 Å². The van der Waals surface area contributed by atoms with E-state index >= 15 is 0 Å². The summed E-state index contributed by atoms with van der Waals surface area (Å²) in [7, 11) is 0. The van der Waals surface area contributed by atoms with Gasteiger partial charge in [-0.25, -0.2) is 0 Å². The Kier molecular flexibility index (Phi) is 4.69. The average molecular weight is 307 g/mol. The summed E-state index contributed by atoms with van der Waals surface area (Å²) < 4.78 is 1.20. The van der Waals surface area contributed by atoms with Gasteiger partial charge in [-0.15, -0.1) is 11.8 Å². The third-order valence-electron chi connectivity index (χ3n) is 2.65. The van der Waals surface area contributed by atoms with Crippen LogP contribution in [0.5, 0.6) is 0 Å². The molecule has 0 fully saturated rings. The summed E-state index contributed by atoms with van der Waals surface area (Å²) in [6, 6.07) is 17.2. The minimum Gasteiger partial charge on any atom is -0.126 e. The highest BCUT2D eigenvalue weighted by molar-refractivity contribution is 9.10. The molecule has 17 heavy (non-hydrogen) atoms. The van der Waals surface area contributed by atoms with Crippen LogP contribution in [-0.4, -0.2) is 5.75 Å². The van der Waals surface area contributed by atoms with Gasteiger partial charge in [0.05, 0.1) is 0 Å². The molecule has 0 saturated heterocycles. The first kappa shape index (κ1) is 12.7. The Labute approximate surface area is 116 Å². The average Bonchev–Trinajstić information content (AvgIpc) is 2.35. The minimum atomic E-state index is 1.12. The second-order valence-electron chi connectivity index (χ2n) is 4.00. The molecule has 0 aromatic heterocycles. The lowest BCUT2D eigenvalue weighted by atomic mass is 10.2. The van der Waals surface area contributed by atoms with Crippen molar-refractivity contribution >= 4 is 27.7 Å². The lowest BCUT2D eigenvalue weighted by Gasteiger charge is -2.04. The van der Waals surface area contributed by atoms with Gasteiger partial charge in [0.25, 0.3) is 0 Å². The molecule has 2 aromatic carbocycles. The second-order valence-corrected chi connectivity index (χ2v) is 6.02. The van der Waals surface area contributed by atoms with Crippen molar-refractivity contribution in [1.82, 2.24) is 0 Å². The third-order valence-corrected chi connectivity index (χ3v) is 4.50. The van der Waals surface area contributed by atoms with Crippen LogP contribution in [0.15, 0.2) is 57.9 Å². The van der Waals surface area contributed by atoms with Crippen molar-refractivity contribution in [1.29, 1.82) is 0 Å². The van der Waals surface area contributed by atoms with E-state index < -0.39 is 0 Å². The summed E-state index contributed by atoms with van der Waals surface area (Å²) in [4.78, 5) is 1.33. The van der Waals surface area contributed by atoms with Crippen LogP contribution in [0.2, 0.25) is 0 Å². The molecule has 0 unspecified atom stereocenters. The molecule has 0 atom stereocenters. The van der Waals surface area contributed by atoms with Crippen LogP contribution < -0.4 is 0 Å². The topological polar surface area (TPSA) is 0 Å². The van der Waals surface area contributed by atoms with Crippen molar-refractivity contribution < 1.29 is 0 Å². The van der Waals surface area contributed by atoms with Crippen molar-refractivity contribution in [3.8, 4) is 0 Å². The van der Waals surface area contributed by atoms with E-state index in [0.29, 0.717) is 0 Å². The van der Waals surface area contributed by atoms with Crippen LogP contribution in [0.4, 0.5) is 0 Å². The third kappa shape index (κ3) is 3.90. The van der Waals surface area contributed by atoms with Crippen LogP contribution >= 0.6 is 27.7 Å². The SMILES string of the molecule is Cc1ccc(SCCc2ccccc2)cc1Br. The van der Waals surface area contributed by atoms with E-state index in [9.17, 15) is 0 Å². The molecule has 0 N–H and O–H groups in total. The zero-order chi connectivity index (χ0) is 12.1. The molecule has 2 rings (SSSR count). The molecule has 2 heteroatoms. The Bertz CT molecular complexity index is 480. The Morgan fingerprint density at radius 2 is 1.82 bits per heavy atom. The minimum absolute atomic E-state index is 1.12. The van der Waals surface area contributed by atoms with Gasteiger partial charge >= 0.3 is 0 Å². The van der Waals surface area contributed by atoms with Gasteiger partial charge < -0.3 is 0 Å². The Morgan fingerprint density at radius 1 is 1.06 bits per heavy atom. The van der Waals surface area contributed by atoms with Gasteiger partial charge in [0, 0.05) is 15.1 Å². The number of rotatable bonds is 4. The molecular weight excluding hydrogens is 292 g/mol. The van der Waals surface area contributed by atoms with Crippen molar-refractivity contribution in [3.05, 3.63) is 64.1 Å². The first-order valence-corrected chi connectivity index (χ1v) is 7.46. The van der Waals surface area contributed by atoms with E-state index in [1.807, 2.05) is 11.8 Å². The van der Waals surface area contributed by atoms with Crippen LogP contribution in [0.25, 0.3) is 0 Å². The molecule has 0 spiro atoms. The number of aryl methyl sites for hydroxylation is 2. The van der Waals surface area contributed by atoms with E-state index in [1.54, 1.807) is 0 Å². The Morgan fingerprint density at radius 3 is 2.53 bits per heavy atom. The fraction of sp³-hybridized carbons (Fsp3) is 0.200. The zero-order valence-electron chi connectivity index (χ0n) is 9.82. The first-order valence-electron chi connectivity index (χ1n) is 5.68. The fourth-order valence-corrected chi connectivity index (χ4v) is 3.06. The van der Waals surface area contributed by atoms with Crippen molar-refractivity contribution in [2.24, 2.45) is 0 Å². The molecule has 0 aliphatic carbocycles. The molecule has 0 bridgehead atoms. The second kappa shape index (κ2) is 6.27. The summed E-state index contributed by atoms with van der Waals surface area (Å²) in [6.45, 7) is 2.11. The summed E-state index contributed by atoms with van der Waals surface area (Å²) in [6.07, 6.45) is 1.12. The Hall–Kier alpha value is -0.730. The van der Waals surface area contributed by atoms with Crippen LogP contribution in [0, 0.1) is 6.92 Å². The summed E-state index contributed by atoms with van der Waals surface area (Å²) in [5, 5.41) is 0. The predicted molar refractivity (Wildman–Crippen MR) is 79.7 cm³/mol. The fourth-order valence-electron chi connectivity index (χ4n) is 1.59. The quantitative estimate of drug-likeness (QED) is 0.709. The lowest BCUT2D eigenvalue weighted by molar-refractivity contribution is 1.15. The summed E-state index contributed by atoms with van der Waals surface area (Å²) >= 11 is 5.48. The van der Waals surface area contributed by atoms with Gasteiger partial charge in [0.2, 0.25) is 0 Å². The van der Waals surface area contributed by atoms with Gasteiger partial charge in [-0.2, -0.15) is 0 Å². The van der Waals surface area contributed by atoms with Crippen LogP contribution in [0.1, 0.15) is 11.1 Å². The van der Waals surface area contributed by atoms with E-state index in [2.05, 4.69) is 71.4 Å². The molecule has 0 nitrogen and oxygen atoms in total. The first-order chi connectivity index (χ1) is 8.25. The van der Waals surface area contributed by atoms with E-state index in [0.717, 1.165) is 12.2 Å². The molecule has 0 amide bonds. The zero-order valence-corrected chi connectivity index (χ0v) is 12.2. The van der Waals surface area contributed by atoms with Crippen molar-refractivity contribution in [2.45, 2.75) is 18.2 Å². The van der Waals surface area contributed by atoms with Gasteiger partial charge in [-0.3, -0.25) is 0 Å². The van der Waals surface area contributed by atoms with E-state index in [4.69, 9.17) is 0 Å². The van der Waals surface area contributed by atoms with Crippen LogP contribution in [0.3, 0.4) is 0 Å². The maximum absolute atomic E-state index is 3.57. The molecular formula is C15H15BrS. The highest BCUT2D eigenvalue weighted by atomic mass is 79.9. The maximum atomic E-state index is 3.57. The number of thioether (sulfide) groups is 1. The number of hydrogen-bond donors (Lipinski definition) is 0. The van der Waals surface area contributed by atoms with Crippen LogP contribution in [-0.2, 0) is 6.42 Å². The number of halogens is 1. The molecule has 0 aliphatic heterocycles. The highest BCUT2D eigenvalue weighted by Gasteiger charge is 1.99. The standard InChI is InChI=1S/C15H15BrS/c1-12-7-8-14(11-15(12)16)17-10-9-13-5-3-2-4-6-13/h2-8,11H,9-10H2,1H3. The molecule has 2 aromatic rings. The normalized spacial score (nSPS) is 10.5. The number of hydrogen-bond acceptors (Lipinski definition) is 1. The lowest BCUT2D eigenvalue weighted by Crippen LogP contribution is -1.88. The van der Waals surface area contributed by atoms with Crippen molar-refractivity contribution in [3.63, 3.8) is 0 Å². The molecule has 88 valence electrons. The number of benzene rings is 2. The van der Waals surface area contributed by atoms with Gasteiger partial charge in [-0.1, -0.05) is 52.3 Å². The largest absolute Gasteiger partial charge is 0.126 e. The Balaban J connectivity index is 1.88. The molecule has 0 saturated carbocycles. The molecule has 0 aliphatic rings. The highest BCUT2D eigenvalue weighted by Crippen LogP contribution is 2.25.